The number of benzene rings is 1. The predicted molar refractivity (Wildman–Crippen MR) is 89.6 cm³/mol. The summed E-state index contributed by atoms with van der Waals surface area (Å²) in [4.78, 5) is 27.8. The quantitative estimate of drug-likeness (QED) is 0.845. The molecule has 2 amide bonds. The Labute approximate surface area is 137 Å². The molecular weight excluding hydrogens is 294 g/mol. The van der Waals surface area contributed by atoms with E-state index in [2.05, 4.69) is 10.2 Å². The molecule has 0 aromatic heterocycles. The fourth-order valence-electron chi connectivity index (χ4n) is 2.56. The van der Waals surface area contributed by atoms with Crippen LogP contribution in [0.5, 0.6) is 5.75 Å². The van der Waals surface area contributed by atoms with E-state index in [0.29, 0.717) is 38.6 Å². The van der Waals surface area contributed by atoms with Gasteiger partial charge in [-0.05, 0) is 18.1 Å². The molecule has 0 bridgehead atoms. The second kappa shape index (κ2) is 7.85. The molecule has 2 rings (SSSR count). The Morgan fingerprint density at radius 3 is 2.43 bits per heavy atom. The Hall–Kier alpha value is -2.24. The molecule has 0 atom stereocenters. The van der Waals surface area contributed by atoms with Crippen LogP contribution in [-0.4, -0.2) is 56.5 Å². The second-order valence-electron chi connectivity index (χ2n) is 6.05. The van der Waals surface area contributed by atoms with Crippen LogP contribution in [0.3, 0.4) is 0 Å². The van der Waals surface area contributed by atoms with Crippen LogP contribution >= 0.6 is 0 Å². The first-order chi connectivity index (χ1) is 11.0. The monoisotopic (exact) mass is 319 g/mol. The highest BCUT2D eigenvalue weighted by Gasteiger charge is 2.26. The molecule has 0 spiro atoms. The van der Waals surface area contributed by atoms with Crippen molar-refractivity contribution in [3.63, 3.8) is 0 Å². The summed E-state index contributed by atoms with van der Waals surface area (Å²) in [6.45, 7) is 6.95. The molecule has 0 saturated carbocycles. The van der Waals surface area contributed by atoms with Gasteiger partial charge in [0.1, 0.15) is 5.75 Å². The molecule has 23 heavy (non-hydrogen) atoms. The summed E-state index contributed by atoms with van der Waals surface area (Å²) in [6.07, 6.45) is 0. The van der Waals surface area contributed by atoms with Crippen molar-refractivity contribution in [2.45, 2.75) is 13.8 Å². The third-order valence-electron chi connectivity index (χ3n) is 3.86. The summed E-state index contributed by atoms with van der Waals surface area (Å²) in [6, 6.07) is 7.83. The Balaban J connectivity index is 1.90. The topological polar surface area (TPSA) is 61.9 Å². The number of hydrogen-bond acceptors (Lipinski definition) is 4. The standard InChI is InChI=1S/C17H25N3O3/c1-13(2)12-18-16(21)17(22)20-10-8-19(9-11-20)14-6-4-5-7-15(14)23-3/h4-7,13H,8-12H2,1-3H3,(H,18,21). The summed E-state index contributed by atoms with van der Waals surface area (Å²) in [5.74, 6) is 0.200. The first kappa shape index (κ1) is 17.1. The summed E-state index contributed by atoms with van der Waals surface area (Å²) in [5, 5.41) is 2.68. The number of carbonyl (C=O) groups excluding carboxylic acids is 2. The first-order valence-electron chi connectivity index (χ1n) is 7.98. The lowest BCUT2D eigenvalue weighted by molar-refractivity contribution is -0.146. The molecule has 1 saturated heterocycles. The average Bonchev–Trinajstić information content (AvgIpc) is 2.59. The summed E-state index contributed by atoms with van der Waals surface area (Å²) in [5.41, 5.74) is 1.02. The van der Waals surface area contributed by atoms with Crippen molar-refractivity contribution in [2.75, 3.05) is 44.7 Å². The van der Waals surface area contributed by atoms with E-state index in [-0.39, 0.29) is 0 Å². The number of piperazine rings is 1. The average molecular weight is 319 g/mol. The zero-order valence-corrected chi connectivity index (χ0v) is 14.0. The highest BCUT2D eigenvalue weighted by atomic mass is 16.5. The molecule has 1 aliphatic heterocycles. The van der Waals surface area contributed by atoms with Crippen molar-refractivity contribution in [2.24, 2.45) is 5.92 Å². The Kier molecular flexibility index (Phi) is 5.84. The highest BCUT2D eigenvalue weighted by Crippen LogP contribution is 2.28. The molecule has 1 heterocycles. The molecule has 1 N–H and O–H groups in total. The molecule has 1 aromatic carbocycles. The molecule has 0 aliphatic carbocycles. The molecule has 6 nitrogen and oxygen atoms in total. The van der Waals surface area contributed by atoms with Gasteiger partial charge < -0.3 is 19.9 Å². The Morgan fingerprint density at radius 1 is 1.17 bits per heavy atom. The minimum absolute atomic E-state index is 0.328. The number of methoxy groups -OCH3 is 1. The van der Waals surface area contributed by atoms with E-state index in [4.69, 9.17) is 4.74 Å². The number of nitrogens with one attached hydrogen (secondary N) is 1. The number of amides is 2. The highest BCUT2D eigenvalue weighted by molar-refractivity contribution is 6.35. The maximum atomic E-state index is 12.1. The lowest BCUT2D eigenvalue weighted by atomic mass is 10.2. The number of anilines is 1. The third kappa shape index (κ3) is 4.37. The van der Waals surface area contributed by atoms with E-state index < -0.39 is 11.8 Å². The Bertz CT molecular complexity index is 552. The van der Waals surface area contributed by atoms with Gasteiger partial charge in [0.25, 0.3) is 0 Å². The minimum Gasteiger partial charge on any atom is -0.495 e. The van der Waals surface area contributed by atoms with Gasteiger partial charge in [0.2, 0.25) is 0 Å². The number of para-hydroxylation sites is 2. The van der Waals surface area contributed by atoms with Gasteiger partial charge in [-0.1, -0.05) is 26.0 Å². The van der Waals surface area contributed by atoms with Gasteiger partial charge in [-0.2, -0.15) is 0 Å². The molecule has 6 heteroatoms. The van der Waals surface area contributed by atoms with Gasteiger partial charge in [-0.15, -0.1) is 0 Å². The summed E-state index contributed by atoms with van der Waals surface area (Å²) >= 11 is 0. The van der Waals surface area contributed by atoms with Crippen molar-refractivity contribution < 1.29 is 14.3 Å². The molecule has 1 aliphatic rings. The van der Waals surface area contributed by atoms with Crippen LogP contribution < -0.4 is 15.0 Å². The van der Waals surface area contributed by atoms with Gasteiger partial charge in [0.05, 0.1) is 12.8 Å². The minimum atomic E-state index is -0.510. The lowest BCUT2D eigenvalue weighted by Gasteiger charge is -2.36. The van der Waals surface area contributed by atoms with Crippen LogP contribution in [0.2, 0.25) is 0 Å². The van der Waals surface area contributed by atoms with Crippen LogP contribution in [0, 0.1) is 5.92 Å². The van der Waals surface area contributed by atoms with Crippen LogP contribution in [0.1, 0.15) is 13.8 Å². The van der Waals surface area contributed by atoms with E-state index in [0.717, 1.165) is 11.4 Å². The second-order valence-corrected chi connectivity index (χ2v) is 6.05. The normalized spacial score (nSPS) is 14.8. The first-order valence-corrected chi connectivity index (χ1v) is 7.98. The maximum Gasteiger partial charge on any atom is 0.312 e. The Morgan fingerprint density at radius 2 is 1.83 bits per heavy atom. The van der Waals surface area contributed by atoms with E-state index in [1.165, 1.54) is 0 Å². The predicted octanol–water partition coefficient (Wildman–Crippen LogP) is 1.12. The summed E-state index contributed by atoms with van der Waals surface area (Å²) in [7, 11) is 1.65. The van der Waals surface area contributed by atoms with Gasteiger partial charge >= 0.3 is 11.8 Å². The van der Waals surface area contributed by atoms with E-state index >= 15 is 0 Å². The van der Waals surface area contributed by atoms with E-state index in [1.54, 1.807) is 12.0 Å². The molecular formula is C17H25N3O3. The van der Waals surface area contributed by atoms with Crippen LogP contribution in [0.25, 0.3) is 0 Å². The van der Waals surface area contributed by atoms with E-state index in [9.17, 15) is 9.59 Å². The number of nitrogens with zero attached hydrogens (tertiary/aromatic N) is 2. The largest absolute Gasteiger partial charge is 0.495 e. The van der Waals surface area contributed by atoms with Crippen molar-refractivity contribution >= 4 is 17.5 Å². The fraction of sp³-hybridized carbons (Fsp3) is 0.529. The van der Waals surface area contributed by atoms with Gasteiger partial charge in [0.15, 0.2) is 0 Å². The lowest BCUT2D eigenvalue weighted by Crippen LogP contribution is -2.53. The van der Waals surface area contributed by atoms with Gasteiger partial charge in [-0.25, -0.2) is 0 Å². The van der Waals surface area contributed by atoms with Crippen LogP contribution in [-0.2, 0) is 9.59 Å². The molecule has 0 unspecified atom stereocenters. The number of hydrogen-bond donors (Lipinski definition) is 1. The van der Waals surface area contributed by atoms with Gasteiger partial charge in [-0.3, -0.25) is 9.59 Å². The molecule has 126 valence electrons. The van der Waals surface area contributed by atoms with Gasteiger partial charge in [0, 0.05) is 32.7 Å². The SMILES string of the molecule is COc1ccccc1N1CCN(C(=O)C(=O)NCC(C)C)CC1. The van der Waals surface area contributed by atoms with Crippen molar-refractivity contribution in [3.8, 4) is 5.75 Å². The zero-order valence-electron chi connectivity index (χ0n) is 14.0. The number of ether oxygens (including phenoxy) is 1. The van der Waals surface area contributed by atoms with Crippen LogP contribution in [0.4, 0.5) is 5.69 Å². The third-order valence-corrected chi connectivity index (χ3v) is 3.86. The van der Waals surface area contributed by atoms with E-state index in [1.807, 2.05) is 38.1 Å². The van der Waals surface area contributed by atoms with Crippen molar-refractivity contribution in [1.29, 1.82) is 0 Å². The maximum absolute atomic E-state index is 12.1. The fourth-order valence-corrected chi connectivity index (χ4v) is 2.56. The zero-order chi connectivity index (χ0) is 16.8. The molecule has 0 radical (unpaired) electrons. The summed E-state index contributed by atoms with van der Waals surface area (Å²) < 4.78 is 5.38. The number of carbonyl (C=O) groups is 2. The molecule has 1 aromatic rings. The van der Waals surface area contributed by atoms with Crippen molar-refractivity contribution in [1.82, 2.24) is 10.2 Å². The van der Waals surface area contributed by atoms with Crippen LogP contribution in [0.15, 0.2) is 24.3 Å². The molecule has 1 fully saturated rings. The smallest absolute Gasteiger partial charge is 0.312 e. The van der Waals surface area contributed by atoms with Crippen molar-refractivity contribution in [3.05, 3.63) is 24.3 Å². The number of rotatable bonds is 4.